The molecule has 5 saturated heterocycles. The van der Waals surface area contributed by atoms with Gasteiger partial charge in [-0.1, -0.05) is 97.1 Å². The average molecular weight is 1600 g/mol. The van der Waals surface area contributed by atoms with E-state index in [1.165, 1.54) is 19.0 Å². The molecule has 0 spiro atoms. The molecule has 9 aliphatic rings. The number of carboxylic acids is 3. The predicted molar refractivity (Wildman–Crippen MR) is 406 cm³/mol. The highest BCUT2D eigenvalue weighted by molar-refractivity contribution is 5.97. The lowest BCUT2D eigenvalue weighted by Crippen LogP contribution is -2.32. The van der Waals surface area contributed by atoms with Crippen molar-refractivity contribution >= 4 is 93.0 Å². The molecule has 9 fully saturated rings. The number of nitrogens with one attached hydrogen (secondary N) is 6. The van der Waals surface area contributed by atoms with Crippen molar-refractivity contribution in [3.8, 4) is 0 Å². The van der Waals surface area contributed by atoms with Crippen molar-refractivity contribution in [2.24, 2.45) is 41.4 Å². The number of ether oxygens (including phenoxy) is 11. The van der Waals surface area contributed by atoms with Gasteiger partial charge in [-0.3, -0.25) is 39.5 Å². The van der Waals surface area contributed by atoms with E-state index in [1.54, 1.807) is 28.1 Å². The van der Waals surface area contributed by atoms with Gasteiger partial charge in [-0.2, -0.15) is 0 Å². The first-order valence-corrected chi connectivity index (χ1v) is 38.7. The second-order valence-electron chi connectivity index (χ2n) is 29.4. The summed E-state index contributed by atoms with van der Waals surface area (Å²) in [4.78, 5) is 109. The molecule has 18 rings (SSSR count). The number of imidazole rings is 3. The van der Waals surface area contributed by atoms with Crippen LogP contribution in [0.3, 0.4) is 0 Å². The van der Waals surface area contributed by atoms with Crippen LogP contribution in [0.15, 0.2) is 135 Å². The van der Waals surface area contributed by atoms with Gasteiger partial charge in [0.15, 0.2) is 82.3 Å². The fourth-order valence-electron chi connectivity index (χ4n) is 15.6. The molecule has 4 aliphatic carbocycles. The molecular weight excluding hydrogens is 1510 g/mol. The first-order chi connectivity index (χ1) is 56.6. The molecule has 6 amide bonds. The third kappa shape index (κ3) is 17.4. The minimum Gasteiger partial charge on any atom is -0.481 e. The van der Waals surface area contributed by atoms with Gasteiger partial charge in [0, 0.05) is 36.7 Å². The van der Waals surface area contributed by atoms with Gasteiger partial charge < -0.3 is 87.9 Å². The number of nitrogens with zero attached hydrogens (tertiary/aromatic N) is 12. The minimum atomic E-state index is -0.788. The molecule has 38 heteroatoms. The Bertz CT molecular complexity index is 4810. The van der Waals surface area contributed by atoms with Gasteiger partial charge in [0.2, 0.25) is 0 Å². The van der Waals surface area contributed by atoms with Gasteiger partial charge in [-0.15, -0.1) is 0 Å². The highest BCUT2D eigenvalue weighted by Gasteiger charge is 2.57. The third-order valence-electron chi connectivity index (χ3n) is 21.7. The van der Waals surface area contributed by atoms with E-state index < -0.39 is 97.9 Å². The van der Waals surface area contributed by atoms with Gasteiger partial charge >= 0.3 is 36.0 Å². The van der Waals surface area contributed by atoms with Crippen LogP contribution in [0.1, 0.15) is 94.2 Å². The number of carbonyl (C=O) groups is 6. The maximum atomic E-state index is 12.1. The molecule has 9 aromatic rings. The standard InChI is InChI=1S/C28H32N6O6.2C25H28N6O7/c1-2-29-28(37)33-25-22-26(31-14-30-25)34(15-32-22)20-11-18(13-38-12-17-10-19(17)27(35)36)23-24(20)40-21(39-23)9-8-16-6-4-3-5-7-16;2*1-2-26-25(34)30-20-17-21(28-11-27-20)31(12-29-17)22-19-18(37-24(38-19)13-6-4-3-5-7-13)16(36-22)10-35-9-14-8-15(14)23(32)33/h3-9,14-15,17-21,23-24H,2,10-13H2,1H3,(H,35,36)(H2,29,30,31,33,37);2*3-7,11-12,14-16,18-19,22,24H,2,8-10H2,1H3,(H,32,33)(H2,26,27,28,30,34)/b9-8+;;/t17?,18?,19?,20?,21-,23?,24?;2*14?,15?,16?,18?,19?,22?,24-/m010/s1. The number of urea groups is 3. The molecule has 18 unspecified atom stereocenters. The number of aromatic nitrogens is 12. The molecule has 0 bridgehead atoms. The maximum absolute atomic E-state index is 12.1. The molecule has 38 nitrogen and oxygen atoms in total. The van der Waals surface area contributed by atoms with E-state index >= 15 is 0 Å². The van der Waals surface area contributed by atoms with E-state index in [0.717, 1.165) is 16.7 Å². The Morgan fingerprint density at radius 2 is 0.784 bits per heavy atom. The molecule has 6 aromatic heterocycles. The quantitative estimate of drug-likeness (QED) is 0.0233. The van der Waals surface area contributed by atoms with Crippen molar-refractivity contribution in [3.05, 3.63) is 152 Å². The fraction of sp³-hybridized carbons (Fsp3) is 0.474. The summed E-state index contributed by atoms with van der Waals surface area (Å²) in [6.45, 7) is 8.87. The molecule has 610 valence electrons. The minimum absolute atomic E-state index is 0.0171. The Labute approximate surface area is 662 Å². The average Bonchev–Trinajstić information content (AvgIpc) is 1.60. The molecule has 116 heavy (non-hydrogen) atoms. The SMILES string of the molecule is CCNC(=O)Nc1ncnc2c1ncn2C1CC(COCC2CC2C(=O)O)C2O[C@H](/C=C/c3ccccc3)OC21.CCNC(=O)Nc1ncnc2c1ncn2C1OC(COCC2CC2C(=O)O)C2O[C@@H](c3ccccc3)OC21.CCNC(=O)Nc1ncnc2c1ncn2C1OC(COCC2CC2C(=O)O)C2O[C@H](c3ccccc3)OC21. The number of fused-ring (bicyclic) bond motifs is 6. The Hall–Kier alpha value is -11.2. The lowest BCUT2D eigenvalue weighted by molar-refractivity contribution is -0.157. The number of benzene rings is 3. The Morgan fingerprint density at radius 1 is 0.414 bits per heavy atom. The summed E-state index contributed by atoms with van der Waals surface area (Å²) in [5.41, 5.74) is 5.63. The zero-order valence-corrected chi connectivity index (χ0v) is 63.2. The number of hydrogen-bond acceptors (Lipinski definition) is 26. The summed E-state index contributed by atoms with van der Waals surface area (Å²) in [5.74, 6) is -2.31. The largest absolute Gasteiger partial charge is 0.481 e. The Balaban J connectivity index is 0.000000131. The predicted octanol–water partition coefficient (Wildman–Crippen LogP) is 7.26. The van der Waals surface area contributed by atoms with Crippen LogP contribution >= 0.6 is 0 Å². The van der Waals surface area contributed by atoms with Gasteiger partial charge in [-0.05, 0) is 75.8 Å². The van der Waals surface area contributed by atoms with Crippen molar-refractivity contribution < 1.29 is 96.2 Å². The second-order valence-corrected chi connectivity index (χ2v) is 29.4. The van der Waals surface area contributed by atoms with Crippen LogP contribution in [-0.2, 0) is 66.5 Å². The summed E-state index contributed by atoms with van der Waals surface area (Å²) in [6, 6.07) is 27.9. The maximum Gasteiger partial charge on any atom is 0.320 e. The van der Waals surface area contributed by atoms with E-state index in [4.69, 9.17) is 62.3 Å². The Kier molecular flexibility index (Phi) is 23.8. The van der Waals surface area contributed by atoms with Crippen molar-refractivity contribution in [1.82, 2.24) is 74.5 Å². The smallest absolute Gasteiger partial charge is 0.320 e. The molecule has 4 saturated carbocycles. The van der Waals surface area contributed by atoms with Crippen LogP contribution in [0.4, 0.5) is 31.8 Å². The van der Waals surface area contributed by atoms with Crippen LogP contribution < -0.4 is 31.9 Å². The van der Waals surface area contributed by atoms with Crippen LogP contribution in [0.2, 0.25) is 0 Å². The van der Waals surface area contributed by atoms with Gasteiger partial charge in [0.1, 0.15) is 61.7 Å². The van der Waals surface area contributed by atoms with E-state index in [1.807, 2.05) is 128 Å². The number of hydrogen-bond donors (Lipinski definition) is 9. The van der Waals surface area contributed by atoms with Gasteiger partial charge in [0.25, 0.3) is 0 Å². The molecule has 21 atom stereocenters. The van der Waals surface area contributed by atoms with Crippen LogP contribution in [0.5, 0.6) is 0 Å². The zero-order chi connectivity index (χ0) is 80.1. The molecule has 9 N–H and O–H groups in total. The number of aliphatic carboxylic acids is 3. The molecule has 3 aromatic carbocycles. The number of rotatable bonds is 28. The fourth-order valence-corrected chi connectivity index (χ4v) is 15.6. The Morgan fingerprint density at radius 3 is 1.19 bits per heavy atom. The summed E-state index contributed by atoms with van der Waals surface area (Å²) in [7, 11) is 0. The molecular formula is C78H88N18O20. The second kappa shape index (κ2) is 35.1. The van der Waals surface area contributed by atoms with E-state index in [-0.39, 0.29) is 90.6 Å². The number of amides is 6. The van der Waals surface area contributed by atoms with E-state index in [9.17, 15) is 33.9 Å². The summed E-state index contributed by atoms with van der Waals surface area (Å²) < 4.78 is 74.1. The van der Waals surface area contributed by atoms with E-state index in [2.05, 4.69) is 76.8 Å². The third-order valence-corrected chi connectivity index (χ3v) is 21.7. The first-order valence-electron chi connectivity index (χ1n) is 38.7. The van der Waals surface area contributed by atoms with Crippen LogP contribution in [-0.4, -0.2) is 224 Å². The highest BCUT2D eigenvalue weighted by atomic mass is 16.8. The number of anilines is 3. The van der Waals surface area contributed by atoms with Crippen molar-refractivity contribution in [3.63, 3.8) is 0 Å². The normalized spacial score (nSPS) is 29.5. The van der Waals surface area contributed by atoms with Gasteiger partial charge in [0.05, 0.1) is 88.5 Å². The van der Waals surface area contributed by atoms with E-state index in [0.29, 0.717) is 111 Å². The van der Waals surface area contributed by atoms with Crippen LogP contribution in [0, 0.1) is 41.4 Å². The number of carboxylic acid groups (broad SMARTS) is 3. The lowest BCUT2D eigenvalue weighted by Gasteiger charge is -2.21. The molecule has 11 heterocycles. The van der Waals surface area contributed by atoms with Crippen molar-refractivity contribution in [2.75, 3.05) is 75.2 Å². The zero-order valence-electron chi connectivity index (χ0n) is 63.2. The summed E-state index contributed by atoms with van der Waals surface area (Å²) >= 11 is 0. The first kappa shape index (κ1) is 78.7. The van der Waals surface area contributed by atoms with Crippen LogP contribution in [0.25, 0.3) is 39.6 Å². The molecule has 0 radical (unpaired) electrons. The van der Waals surface area contributed by atoms with Crippen molar-refractivity contribution in [2.45, 2.75) is 133 Å². The topological polar surface area (TPSA) is 468 Å². The van der Waals surface area contributed by atoms with Gasteiger partial charge in [-0.25, -0.2) is 59.2 Å². The summed E-state index contributed by atoms with van der Waals surface area (Å²) in [6.07, 6.45) is 9.20. The molecule has 5 aliphatic heterocycles. The number of carbonyl (C=O) groups excluding carboxylic acids is 3. The lowest BCUT2D eigenvalue weighted by atomic mass is 10.1. The summed E-state index contributed by atoms with van der Waals surface area (Å²) in [5, 5.41) is 43.6. The van der Waals surface area contributed by atoms with Crippen molar-refractivity contribution in [1.29, 1.82) is 0 Å². The highest BCUT2D eigenvalue weighted by Crippen LogP contribution is 2.50. The monoisotopic (exact) mass is 1600 g/mol.